The number of hydrogen-bond donors (Lipinski definition) is 26. The van der Waals surface area contributed by atoms with Crippen LogP contribution in [0.3, 0.4) is 0 Å². The molecule has 26 N–H and O–H groups in total. The van der Waals surface area contributed by atoms with E-state index in [2.05, 4.69) is 21.3 Å². The van der Waals surface area contributed by atoms with Gasteiger partial charge in [0, 0.05) is 34.1 Å². The van der Waals surface area contributed by atoms with E-state index < -0.39 is 333 Å². The third-order valence-corrected chi connectivity index (χ3v) is 19.2. The van der Waals surface area contributed by atoms with Gasteiger partial charge in [-0.3, -0.25) is 19.2 Å². The van der Waals surface area contributed by atoms with Crippen molar-refractivity contribution < 1.29 is 212 Å². The van der Waals surface area contributed by atoms with Gasteiger partial charge in [-0.05, 0) is 6.92 Å². The summed E-state index contributed by atoms with van der Waals surface area (Å²) in [7, 11) is 0. The number of carbonyl (C=O) groups excluding carboxylic acids is 5. The van der Waals surface area contributed by atoms with Crippen molar-refractivity contribution in [3.8, 4) is 0 Å². The lowest BCUT2D eigenvalue weighted by Gasteiger charge is -2.53. The highest BCUT2D eigenvalue weighted by atomic mass is 16.8. The number of carbonyl (C=O) groups is 5. The molecular weight excluding hydrogens is 1450 g/mol. The van der Waals surface area contributed by atoms with Crippen LogP contribution in [0.5, 0.6) is 0 Å². The van der Waals surface area contributed by atoms with Gasteiger partial charge in [0.25, 0.3) is 0 Å². The topological polar surface area (TPSA) is 740 Å². The summed E-state index contributed by atoms with van der Waals surface area (Å²) in [4.78, 5) is 63.8. The van der Waals surface area contributed by atoms with E-state index in [9.17, 15) is 141 Å². The van der Waals surface area contributed by atoms with Crippen molar-refractivity contribution in [1.82, 2.24) is 21.3 Å². The summed E-state index contributed by atoms with van der Waals surface area (Å²) < 4.78 is 88.2. The summed E-state index contributed by atoms with van der Waals surface area (Å²) in [6.45, 7) is -3.09. The standard InChI is InChI=1S/C59H98N4O43/c1-14-31(77)38(84)39(85)54(92-14)102-47-30(63-18(5)74)53(98-26(13-70)45(47)101-57-42(88)50(35(81)23(10-67)96-57)106-59(58(90)91)6-19(75)27(60-15(2)71)46(105-59)32(78)20(76)7-64)104-49-34(80)22(9-66)95-56(41(49)87)100-44-25(12-69)97-52(29(37(44)83)62-17(4)73)103-48-33(79)21(8-65)94-55(40(48)86)99-43-24(11-68)93-51(89)28(36(43)82)61-16(3)72/h14,19-57,64-70,75-89H,6-13H2,1-5H3,(H,60,71)(H,61,72)(H,62,73)(H,63,74)(H,90,91)/p-1/t14-,19-,20+,21+,22+,23+,24+,25+,26+,27+,28+,29+,30+,31+,32+,33-,34-,35-,36+,37+,38+,39-,40+,41+,42+,43+,44+,45+,46+,47+,48-,49-,50-,51?,52-,53-,54-,55-,56-,57-,59-/m0/s1. The molecule has 8 saturated heterocycles. The highest BCUT2D eigenvalue weighted by Gasteiger charge is 2.62. The van der Waals surface area contributed by atoms with E-state index in [0.29, 0.717) is 0 Å². The monoisotopic (exact) mass is 1550 g/mol. The summed E-state index contributed by atoms with van der Waals surface area (Å²) in [6, 6.07) is -7.38. The Hall–Kier alpha value is -4.13. The van der Waals surface area contributed by atoms with Gasteiger partial charge < -0.3 is 215 Å². The summed E-state index contributed by atoms with van der Waals surface area (Å²) >= 11 is 0. The molecule has 8 aliphatic heterocycles. The zero-order chi connectivity index (χ0) is 78.6. The molecule has 0 aromatic heterocycles. The van der Waals surface area contributed by atoms with Crippen LogP contribution in [0, 0.1) is 0 Å². The molecule has 0 aliphatic carbocycles. The molecule has 106 heavy (non-hydrogen) atoms. The zero-order valence-corrected chi connectivity index (χ0v) is 57.2. The van der Waals surface area contributed by atoms with Crippen molar-refractivity contribution in [3.05, 3.63) is 0 Å². The molecule has 0 aromatic carbocycles. The molecule has 47 heteroatoms. The predicted molar refractivity (Wildman–Crippen MR) is 324 cm³/mol. The van der Waals surface area contributed by atoms with Crippen LogP contribution in [0.2, 0.25) is 0 Å². The van der Waals surface area contributed by atoms with E-state index in [1.165, 1.54) is 6.92 Å². The normalized spacial score (nSPS) is 47.2. The molecule has 1 unspecified atom stereocenters. The molecule has 47 nitrogen and oxygen atoms in total. The van der Waals surface area contributed by atoms with Crippen molar-refractivity contribution in [3.63, 3.8) is 0 Å². The van der Waals surface area contributed by atoms with Crippen LogP contribution in [-0.2, 0) is 95.0 Å². The minimum absolute atomic E-state index is 0.755. The number of aliphatic carboxylic acids is 1. The molecule has 8 fully saturated rings. The Kier molecular flexibility index (Phi) is 30.9. The van der Waals surface area contributed by atoms with E-state index in [1.54, 1.807) is 0 Å². The number of carboxylic acid groups (broad SMARTS) is 1. The largest absolute Gasteiger partial charge is 0.544 e. The van der Waals surface area contributed by atoms with Gasteiger partial charge in [-0.2, -0.15) is 0 Å². The number of amides is 4. The van der Waals surface area contributed by atoms with Gasteiger partial charge in [-0.25, -0.2) is 0 Å². The SMILES string of the molecule is CC(=O)N[C@H]1[C@H](O[C@H]2[C@@H](O)[C@@H](CO)O[C@@H](O[C@H]3[C@H](O)[C@@H](NC(C)=O)C(O)O[C@@H]3CO)[C@@H]2O)O[C@H](CO)[C@@H](O[C@@H]2O[C@H](CO)[C@H](O)[C@H](O[C@@H]3O[C@H](CO)[C@@H](O[C@@H]4O[C@H](CO)[C@H](O)[C@H](O[C@]5(C(=O)[O-])C[C@H](O)[C@@H](NC(C)=O)[C@H]([C@H](O)[C@H](O)CO)O5)[C@H]4O)[C@H](O[C@@H]4O[C@@H](C)[C@@H](O)[C@@H](O)[C@@H]4O)[C@H]3NC(C)=O)[C@H]2O)[C@@H]1O. The Morgan fingerprint density at radius 1 is 0.396 bits per heavy atom. The number of aliphatic hydroxyl groups is 22. The maximum atomic E-state index is 13.4. The quantitative estimate of drug-likeness (QED) is 0.0346. The fourth-order valence-electron chi connectivity index (χ4n) is 13.7. The van der Waals surface area contributed by atoms with Crippen LogP contribution in [0.4, 0.5) is 0 Å². The lowest BCUT2D eigenvalue weighted by Crippen LogP contribution is -2.73. The molecule has 0 spiro atoms. The third-order valence-electron chi connectivity index (χ3n) is 19.2. The van der Waals surface area contributed by atoms with Gasteiger partial charge in [-0.1, -0.05) is 0 Å². The second kappa shape index (κ2) is 37.5. The molecule has 8 rings (SSSR count). The zero-order valence-electron chi connectivity index (χ0n) is 57.2. The van der Waals surface area contributed by atoms with E-state index in [0.717, 1.165) is 27.7 Å². The first-order chi connectivity index (χ1) is 49.9. The molecule has 8 aliphatic rings. The molecule has 0 saturated carbocycles. The van der Waals surface area contributed by atoms with E-state index in [4.69, 9.17) is 71.1 Å². The van der Waals surface area contributed by atoms with Crippen molar-refractivity contribution >= 4 is 29.6 Å². The van der Waals surface area contributed by atoms with E-state index >= 15 is 0 Å². The second-order valence-corrected chi connectivity index (χ2v) is 26.7. The first-order valence-electron chi connectivity index (χ1n) is 33.6. The molecule has 8 heterocycles. The number of ether oxygens (including phenoxy) is 15. The van der Waals surface area contributed by atoms with E-state index in [1.807, 2.05) is 0 Å². The number of aliphatic hydroxyl groups excluding tert-OH is 22. The van der Waals surface area contributed by atoms with Crippen LogP contribution in [0.1, 0.15) is 41.0 Å². The Bertz CT molecular complexity index is 2860. The Labute approximate surface area is 600 Å². The van der Waals surface area contributed by atoms with Gasteiger partial charge in [0.1, 0.15) is 189 Å². The molecule has 41 atom stereocenters. The lowest BCUT2D eigenvalue weighted by molar-refractivity contribution is -0.414. The fraction of sp³-hybridized carbons (Fsp3) is 0.915. The van der Waals surface area contributed by atoms with Gasteiger partial charge >= 0.3 is 0 Å². The second-order valence-electron chi connectivity index (χ2n) is 26.7. The van der Waals surface area contributed by atoms with Crippen LogP contribution in [-0.4, -0.2) is 439 Å². The van der Waals surface area contributed by atoms with Crippen LogP contribution in [0.15, 0.2) is 0 Å². The first-order valence-corrected chi connectivity index (χ1v) is 33.6. The van der Waals surface area contributed by atoms with Crippen molar-refractivity contribution in [1.29, 1.82) is 0 Å². The summed E-state index contributed by atoms with van der Waals surface area (Å²) in [5, 5.41) is 267. The Morgan fingerprint density at radius 2 is 0.755 bits per heavy atom. The lowest BCUT2D eigenvalue weighted by atomic mass is 9.88. The van der Waals surface area contributed by atoms with Gasteiger partial charge in [0.05, 0.1) is 64.5 Å². The smallest absolute Gasteiger partial charge is 0.217 e. The van der Waals surface area contributed by atoms with Gasteiger partial charge in [-0.15, -0.1) is 0 Å². The molecule has 612 valence electrons. The average Bonchev–Trinajstić information content (AvgIpc) is 0.759. The van der Waals surface area contributed by atoms with Crippen LogP contribution >= 0.6 is 0 Å². The summed E-state index contributed by atoms with van der Waals surface area (Å²) in [5.74, 6) is -9.46. The minimum Gasteiger partial charge on any atom is -0.544 e. The number of carboxylic acids is 1. The Morgan fingerprint density at radius 3 is 1.21 bits per heavy atom. The molecule has 4 amide bonds. The molecular formula is C59H97N4O43-. The minimum atomic E-state index is -3.43. The van der Waals surface area contributed by atoms with Gasteiger partial charge in [0.2, 0.25) is 29.4 Å². The van der Waals surface area contributed by atoms with Crippen molar-refractivity contribution in [2.45, 2.75) is 292 Å². The molecule has 0 aromatic rings. The number of nitrogens with one attached hydrogen (secondary N) is 4. The Balaban J connectivity index is 1.08. The van der Waals surface area contributed by atoms with Gasteiger partial charge in [0.15, 0.2) is 44.0 Å². The van der Waals surface area contributed by atoms with Crippen LogP contribution in [0.25, 0.3) is 0 Å². The van der Waals surface area contributed by atoms with E-state index in [-0.39, 0.29) is 0 Å². The first kappa shape index (κ1) is 87.4. The fourth-order valence-corrected chi connectivity index (χ4v) is 13.7. The predicted octanol–water partition coefficient (Wildman–Crippen LogP) is -19.0. The average molecular weight is 1550 g/mol. The molecule has 0 bridgehead atoms. The summed E-state index contributed by atoms with van der Waals surface area (Å²) in [6.07, 6.45) is -77.3. The third kappa shape index (κ3) is 19.0. The van der Waals surface area contributed by atoms with Crippen LogP contribution < -0.4 is 26.4 Å². The highest BCUT2D eigenvalue weighted by molar-refractivity contribution is 5.75. The maximum absolute atomic E-state index is 13.4. The van der Waals surface area contributed by atoms with Crippen molar-refractivity contribution in [2.75, 3.05) is 46.2 Å². The van der Waals surface area contributed by atoms with Crippen molar-refractivity contribution in [2.24, 2.45) is 0 Å². The number of hydrogen-bond acceptors (Lipinski definition) is 43. The maximum Gasteiger partial charge on any atom is 0.217 e. The number of rotatable bonds is 28. The molecule has 0 radical (unpaired) electrons. The highest BCUT2D eigenvalue weighted by Crippen LogP contribution is 2.42. The summed E-state index contributed by atoms with van der Waals surface area (Å²) in [5.41, 5.74) is 0.